The van der Waals surface area contributed by atoms with Gasteiger partial charge in [-0.1, -0.05) is 386 Å². The van der Waals surface area contributed by atoms with E-state index in [2.05, 4.69) is 306 Å². The van der Waals surface area contributed by atoms with E-state index in [1.165, 1.54) is 115 Å². The van der Waals surface area contributed by atoms with Crippen molar-refractivity contribution in [1.29, 1.82) is 0 Å². The van der Waals surface area contributed by atoms with Crippen molar-refractivity contribution in [3.63, 3.8) is 0 Å². The number of benzene rings is 4. The van der Waals surface area contributed by atoms with E-state index in [0.29, 0.717) is 0 Å². The number of para-hydroxylation sites is 4. The molecule has 4 aromatic carbocycles. The van der Waals surface area contributed by atoms with Gasteiger partial charge in [0, 0.05) is 57.8 Å². The summed E-state index contributed by atoms with van der Waals surface area (Å²) in [7, 11) is 0. The van der Waals surface area contributed by atoms with Gasteiger partial charge in [0.1, 0.15) is 6.67 Å². The number of hydrogen-bond donors (Lipinski definition) is 0. The van der Waals surface area contributed by atoms with Crippen molar-refractivity contribution in [3.8, 4) is 0 Å². The Bertz CT molecular complexity index is 2180. The molecule has 2 aromatic heterocycles. The van der Waals surface area contributed by atoms with Gasteiger partial charge in [-0.3, -0.25) is 14.7 Å². The summed E-state index contributed by atoms with van der Waals surface area (Å²) in [6.07, 6.45) is 6.40. The summed E-state index contributed by atoms with van der Waals surface area (Å²) < 4.78 is 4.87. The molecular weight excluding hydrogens is 1230 g/mol. The molecule has 0 N–H and O–H groups in total. The van der Waals surface area contributed by atoms with E-state index in [1.807, 2.05) is 96.9 Å². The zero-order chi connectivity index (χ0) is 74.8. The molecule has 3 aliphatic rings. The number of rotatable bonds is 8. The number of fused-ring (bicyclic) bond motifs is 6. The largest absolute Gasteiger partial charge is 0.322 e. The number of nitrogens with zero attached hydrogens (tertiary/aromatic N) is 6. The van der Waals surface area contributed by atoms with Gasteiger partial charge in [-0.05, 0) is 147 Å². The third-order valence-electron chi connectivity index (χ3n) is 18.3. The molecule has 0 spiro atoms. The lowest BCUT2D eigenvalue weighted by Gasteiger charge is -2.45. The highest BCUT2D eigenvalue weighted by molar-refractivity contribution is 6.09. The fourth-order valence-corrected chi connectivity index (χ4v) is 12.6. The second-order valence-corrected chi connectivity index (χ2v) is 24.1. The minimum atomic E-state index is 0. The van der Waals surface area contributed by atoms with Gasteiger partial charge in [0.15, 0.2) is 0 Å². The molecule has 0 saturated carbocycles. The lowest BCUT2D eigenvalue weighted by atomic mass is 9.81. The van der Waals surface area contributed by atoms with Gasteiger partial charge in [0.2, 0.25) is 0 Å². The van der Waals surface area contributed by atoms with Crippen LogP contribution in [0.3, 0.4) is 0 Å². The normalized spacial score (nSPS) is 20.5. The molecule has 0 bridgehead atoms. The second-order valence-electron chi connectivity index (χ2n) is 24.1. The zero-order valence-electron chi connectivity index (χ0n) is 71.3. The monoisotopic (exact) mass is 1430 g/mol. The molecule has 3 aliphatic heterocycles. The Morgan fingerprint density at radius 2 is 0.426 bits per heavy atom. The molecule has 0 radical (unpaired) electrons. The van der Waals surface area contributed by atoms with Crippen molar-refractivity contribution in [1.82, 2.24) is 28.7 Å². The first-order valence-electron chi connectivity index (χ1n) is 40.1. The Kier molecular flexibility index (Phi) is 108. The van der Waals surface area contributed by atoms with Gasteiger partial charge < -0.3 is 14.0 Å². The van der Waals surface area contributed by atoms with Crippen LogP contribution in [0.5, 0.6) is 0 Å². The van der Waals surface area contributed by atoms with Crippen LogP contribution >= 0.6 is 0 Å². The summed E-state index contributed by atoms with van der Waals surface area (Å²) in [5.41, 5.74) is 5.11. The lowest BCUT2D eigenvalue weighted by molar-refractivity contribution is 0.0326. The van der Waals surface area contributed by atoms with E-state index < -0.39 is 0 Å². The topological polar surface area (TPSA) is 22.8 Å². The Morgan fingerprint density at radius 3 is 0.564 bits per heavy atom. The molecule has 6 nitrogen and oxygen atoms in total. The quantitative estimate of drug-likeness (QED) is 0.151. The molecule has 0 amide bonds. The van der Waals surface area contributed by atoms with Gasteiger partial charge in [-0.25, -0.2) is 0 Å². The van der Waals surface area contributed by atoms with Crippen LogP contribution in [0.1, 0.15) is 361 Å². The molecule has 0 aliphatic carbocycles. The summed E-state index contributed by atoms with van der Waals surface area (Å²) in [6.45, 7) is 94.8. The van der Waals surface area contributed by atoms with Crippen LogP contribution in [0, 0.1) is 35.5 Å². The molecule has 101 heavy (non-hydrogen) atoms. The molecule has 3 saturated heterocycles. The first kappa shape index (κ1) is 130. The summed E-state index contributed by atoms with van der Waals surface area (Å²) in [5, 5.41) is 5.26. The highest BCUT2D eigenvalue weighted by Crippen LogP contribution is 2.36. The van der Waals surface area contributed by atoms with Crippen molar-refractivity contribution in [3.05, 3.63) is 97.1 Å². The van der Waals surface area contributed by atoms with Crippen LogP contribution in [0.4, 0.5) is 0 Å². The van der Waals surface area contributed by atoms with Crippen LogP contribution < -0.4 is 0 Å². The molecule has 5 heterocycles. The summed E-state index contributed by atoms with van der Waals surface area (Å²) in [4.78, 5) is 10.2. The smallest absolute Gasteiger partial charge is 0.100 e. The molecule has 9 rings (SSSR count). The number of likely N-dealkylation sites (tertiary alicyclic amines) is 3. The van der Waals surface area contributed by atoms with E-state index in [-0.39, 0.29) is 52.0 Å². The fraction of sp³-hybridized carbons (Fsp3) is 0.747. The molecule has 0 unspecified atom stereocenters. The maximum absolute atomic E-state index is 2.64. The molecular formula is C95H200N6. The van der Waals surface area contributed by atoms with E-state index >= 15 is 0 Å². The predicted octanol–water partition coefficient (Wildman–Crippen LogP) is 32.6. The summed E-state index contributed by atoms with van der Waals surface area (Å²) in [6, 6.07) is 39.5. The van der Waals surface area contributed by atoms with Crippen LogP contribution in [0.15, 0.2) is 97.1 Å². The van der Waals surface area contributed by atoms with E-state index in [9.17, 15) is 0 Å². The average Bonchev–Trinajstić information content (AvgIpc) is 1.59. The first-order chi connectivity index (χ1) is 45.2. The minimum absolute atomic E-state index is 0. The van der Waals surface area contributed by atoms with Crippen LogP contribution in [0.25, 0.3) is 43.6 Å². The van der Waals surface area contributed by atoms with Crippen molar-refractivity contribution in [2.75, 3.05) is 39.3 Å². The SMILES string of the molecule is C.C.C.C.C.C.C.CC.CC.CC.CC.CC.CC.CC.CCC.CCC.CCC.CCC.CCN(CC)CC.CCN1[C@H](C)[C@H](C)C[C@H](C)[C@@H]1C.CCN1[C@H](C)[C@H](C)[C@H](C)[C@@H]1C.CCN1[C@H](C)[C@H](C)[C@H](C)[C@@H]1C.c1ccc2c(c1)c1ccccc1n2Cn1c2ccccc2c2ccccc21. The predicted molar refractivity (Wildman–Crippen MR) is 492 cm³/mol. The van der Waals surface area contributed by atoms with E-state index in [1.54, 1.807) is 0 Å². The van der Waals surface area contributed by atoms with Crippen molar-refractivity contribution in [2.24, 2.45) is 35.5 Å². The van der Waals surface area contributed by atoms with Gasteiger partial charge in [-0.15, -0.1) is 0 Å². The van der Waals surface area contributed by atoms with Gasteiger partial charge in [-0.2, -0.15) is 0 Å². The maximum atomic E-state index is 2.64. The minimum Gasteiger partial charge on any atom is -0.322 e. The van der Waals surface area contributed by atoms with Gasteiger partial charge >= 0.3 is 0 Å². The standard InChI is InChI=1S/C25H18N2.C11H23N.2C10H21N.C6H15N.4C3H8.7C2H6.7CH4/c1-5-13-22-18(9-1)19-10-2-6-14-23(19)26(22)17-27-24-15-7-3-11-20(24)21-12-4-8-16-25(21)27;1-6-12-10(4)8(2)7-9(3)11(12)5;2*1-6-11-9(4)7(2)8(3)10(11)5;1-4-7(5-2)6-3;4*1-3-2;7*1-2;;;;;;;/h1-16H,17H2;8-11H,6-7H2,1-5H3;2*7-10H,6H2,1-5H3;4-6H2,1-3H3;4*3H2,1-2H3;7*1-2H3;7*1H4/t;8-,9+,10-,11+;2*7-,8+,9-,10+;;;;;;;;;;;;;;;;;;;. The number of aromatic nitrogens is 2. The molecule has 6 aromatic rings. The van der Waals surface area contributed by atoms with Gasteiger partial charge in [0.05, 0.1) is 22.1 Å². The molecule has 3 fully saturated rings. The van der Waals surface area contributed by atoms with Gasteiger partial charge in [0.25, 0.3) is 0 Å². The number of piperidine rings is 1. The zero-order valence-corrected chi connectivity index (χ0v) is 71.3. The highest BCUT2D eigenvalue weighted by Gasteiger charge is 2.39. The Morgan fingerprint density at radius 1 is 0.267 bits per heavy atom. The van der Waals surface area contributed by atoms with Crippen LogP contribution in [-0.2, 0) is 6.67 Å². The third kappa shape index (κ3) is 43.5. The maximum Gasteiger partial charge on any atom is 0.100 e. The lowest BCUT2D eigenvalue weighted by Crippen LogP contribution is -2.51. The summed E-state index contributed by atoms with van der Waals surface area (Å²) >= 11 is 0. The molecule has 610 valence electrons. The first-order valence-corrected chi connectivity index (χ1v) is 40.1. The van der Waals surface area contributed by atoms with Crippen molar-refractivity contribution in [2.45, 2.75) is 404 Å². The fourth-order valence-electron chi connectivity index (χ4n) is 12.6. The van der Waals surface area contributed by atoms with Crippen LogP contribution in [-0.4, -0.2) is 104 Å². The van der Waals surface area contributed by atoms with E-state index in [0.717, 1.165) is 78.4 Å². The number of hydrogen-bond acceptors (Lipinski definition) is 4. The molecule has 6 heteroatoms. The third-order valence-corrected chi connectivity index (χ3v) is 18.3. The average molecular weight is 1430 g/mol. The Labute approximate surface area is 644 Å². The highest BCUT2D eigenvalue weighted by atomic mass is 15.2. The van der Waals surface area contributed by atoms with Crippen LogP contribution in [0.2, 0.25) is 0 Å². The second kappa shape index (κ2) is 83.6. The van der Waals surface area contributed by atoms with E-state index in [4.69, 9.17) is 0 Å². The van der Waals surface area contributed by atoms with Crippen molar-refractivity contribution < 1.29 is 0 Å². The summed E-state index contributed by atoms with van der Waals surface area (Å²) in [5.74, 6) is 5.21. The Hall–Kier alpha value is -3.68. The van der Waals surface area contributed by atoms with Crippen molar-refractivity contribution >= 4 is 43.6 Å². The molecule has 12 atom stereocenters. The Balaban J connectivity index is -0.0000000745.